The predicted octanol–water partition coefficient (Wildman–Crippen LogP) is 1.79. The lowest BCUT2D eigenvalue weighted by Gasteiger charge is -2.11. The fourth-order valence-corrected chi connectivity index (χ4v) is 3.65. The fraction of sp³-hybridized carbons (Fsp3) is 0.267. The number of fused-ring (bicyclic) bond motifs is 1. The van der Waals surface area contributed by atoms with Crippen LogP contribution < -0.4 is 5.32 Å². The Morgan fingerprint density at radius 2 is 2.17 bits per heavy atom. The molecule has 0 spiro atoms. The van der Waals surface area contributed by atoms with E-state index >= 15 is 0 Å². The second-order valence-electron chi connectivity index (χ2n) is 5.49. The SMILES string of the molecule is O=C(O)Cc1nnc(-c2cnc(NC3Cc4ccsc4C3)nc2)o1. The van der Waals surface area contributed by atoms with E-state index in [1.165, 1.54) is 10.4 Å². The monoisotopic (exact) mass is 343 g/mol. The third-order valence-electron chi connectivity index (χ3n) is 3.74. The number of aromatic nitrogens is 4. The first kappa shape index (κ1) is 14.8. The predicted molar refractivity (Wildman–Crippen MR) is 85.8 cm³/mol. The second kappa shape index (κ2) is 6.00. The van der Waals surface area contributed by atoms with Gasteiger partial charge >= 0.3 is 5.97 Å². The van der Waals surface area contributed by atoms with Crippen molar-refractivity contribution >= 4 is 23.3 Å². The maximum absolute atomic E-state index is 10.6. The van der Waals surface area contributed by atoms with E-state index in [2.05, 4.69) is 36.9 Å². The van der Waals surface area contributed by atoms with Gasteiger partial charge in [0.05, 0.1) is 5.56 Å². The maximum Gasteiger partial charge on any atom is 0.312 e. The lowest BCUT2D eigenvalue weighted by Crippen LogP contribution is -2.21. The van der Waals surface area contributed by atoms with Gasteiger partial charge in [0.2, 0.25) is 11.8 Å². The van der Waals surface area contributed by atoms with E-state index in [9.17, 15) is 4.79 Å². The largest absolute Gasteiger partial charge is 0.481 e. The van der Waals surface area contributed by atoms with Crippen LogP contribution in [0, 0.1) is 0 Å². The van der Waals surface area contributed by atoms with E-state index in [1.807, 2.05) is 0 Å². The van der Waals surface area contributed by atoms with Crippen LogP contribution in [-0.4, -0.2) is 37.3 Å². The number of anilines is 1. The Morgan fingerprint density at radius 3 is 2.92 bits per heavy atom. The minimum absolute atomic E-state index is 0.0526. The number of aliphatic carboxylic acids is 1. The number of carboxylic acids is 1. The molecule has 2 N–H and O–H groups in total. The molecule has 0 radical (unpaired) electrons. The van der Waals surface area contributed by atoms with Crippen molar-refractivity contribution in [2.45, 2.75) is 25.3 Å². The van der Waals surface area contributed by atoms with Gasteiger partial charge in [-0.25, -0.2) is 9.97 Å². The van der Waals surface area contributed by atoms with Crippen LogP contribution in [0.5, 0.6) is 0 Å². The molecule has 0 aliphatic heterocycles. The Balaban J connectivity index is 1.42. The Kier molecular flexibility index (Phi) is 3.69. The van der Waals surface area contributed by atoms with Gasteiger partial charge in [-0.2, -0.15) is 0 Å². The molecule has 1 aliphatic carbocycles. The Bertz CT molecular complexity index is 853. The van der Waals surface area contributed by atoms with Gasteiger partial charge in [-0.3, -0.25) is 4.79 Å². The Labute approximate surface area is 140 Å². The number of nitrogens with zero attached hydrogens (tertiary/aromatic N) is 4. The molecule has 4 rings (SSSR count). The number of nitrogens with one attached hydrogen (secondary N) is 1. The van der Waals surface area contributed by atoms with E-state index in [1.54, 1.807) is 23.7 Å². The van der Waals surface area contributed by atoms with Gasteiger partial charge in [0.25, 0.3) is 5.89 Å². The van der Waals surface area contributed by atoms with Crippen LogP contribution in [0.15, 0.2) is 28.3 Å². The van der Waals surface area contributed by atoms with E-state index < -0.39 is 5.97 Å². The lowest BCUT2D eigenvalue weighted by atomic mass is 10.2. The van der Waals surface area contributed by atoms with Crippen molar-refractivity contribution in [2.24, 2.45) is 0 Å². The zero-order chi connectivity index (χ0) is 16.5. The number of hydrogen-bond donors (Lipinski definition) is 2. The number of thiophene rings is 1. The molecule has 3 aromatic heterocycles. The molecule has 0 saturated carbocycles. The third-order valence-corrected chi connectivity index (χ3v) is 4.72. The van der Waals surface area contributed by atoms with Crippen molar-refractivity contribution in [3.05, 3.63) is 40.2 Å². The van der Waals surface area contributed by atoms with Crippen molar-refractivity contribution in [1.29, 1.82) is 0 Å². The summed E-state index contributed by atoms with van der Waals surface area (Å²) in [5.74, 6) is -0.215. The van der Waals surface area contributed by atoms with E-state index in [4.69, 9.17) is 9.52 Å². The van der Waals surface area contributed by atoms with Crippen molar-refractivity contribution in [3.63, 3.8) is 0 Å². The minimum atomic E-state index is -1.02. The van der Waals surface area contributed by atoms with Gasteiger partial charge in [-0.15, -0.1) is 21.5 Å². The van der Waals surface area contributed by atoms with E-state index in [0.29, 0.717) is 17.6 Å². The molecule has 24 heavy (non-hydrogen) atoms. The smallest absolute Gasteiger partial charge is 0.312 e. The summed E-state index contributed by atoms with van der Waals surface area (Å²) in [6.07, 6.45) is 4.82. The van der Waals surface area contributed by atoms with Crippen LogP contribution in [0.25, 0.3) is 11.5 Å². The van der Waals surface area contributed by atoms with Gasteiger partial charge in [-0.1, -0.05) is 0 Å². The first-order valence-corrected chi connectivity index (χ1v) is 8.24. The molecule has 9 heteroatoms. The van der Waals surface area contributed by atoms with E-state index in [0.717, 1.165) is 12.8 Å². The molecule has 1 aliphatic rings. The van der Waals surface area contributed by atoms with Gasteiger partial charge in [0, 0.05) is 29.7 Å². The third kappa shape index (κ3) is 2.98. The molecule has 0 bridgehead atoms. The number of carboxylic acid groups (broad SMARTS) is 1. The van der Waals surface area contributed by atoms with Gasteiger partial charge in [-0.05, 0) is 23.4 Å². The molecule has 1 atom stereocenters. The van der Waals surface area contributed by atoms with Crippen LogP contribution in [0.3, 0.4) is 0 Å². The van der Waals surface area contributed by atoms with Crippen molar-refractivity contribution < 1.29 is 14.3 Å². The Hall–Kier alpha value is -2.81. The molecule has 0 saturated heterocycles. The number of rotatable bonds is 5. The molecule has 0 aromatic carbocycles. The van der Waals surface area contributed by atoms with Crippen molar-refractivity contribution in [3.8, 4) is 11.5 Å². The molecular weight excluding hydrogens is 330 g/mol. The summed E-state index contributed by atoms with van der Waals surface area (Å²) in [5.41, 5.74) is 1.95. The number of hydrogen-bond acceptors (Lipinski definition) is 8. The first-order valence-electron chi connectivity index (χ1n) is 7.36. The second-order valence-corrected chi connectivity index (χ2v) is 6.49. The average molecular weight is 343 g/mol. The maximum atomic E-state index is 10.6. The summed E-state index contributed by atoms with van der Waals surface area (Å²) in [4.78, 5) is 20.6. The highest BCUT2D eigenvalue weighted by Gasteiger charge is 2.23. The molecule has 122 valence electrons. The van der Waals surface area contributed by atoms with Gasteiger partial charge in [0.15, 0.2) is 0 Å². The first-order chi connectivity index (χ1) is 11.7. The molecule has 0 amide bonds. The molecule has 3 heterocycles. The minimum Gasteiger partial charge on any atom is -0.481 e. The van der Waals surface area contributed by atoms with Crippen LogP contribution in [0.1, 0.15) is 16.3 Å². The highest BCUT2D eigenvalue weighted by atomic mass is 32.1. The van der Waals surface area contributed by atoms with Gasteiger partial charge in [0.1, 0.15) is 6.42 Å². The highest BCUT2D eigenvalue weighted by molar-refractivity contribution is 7.10. The molecule has 3 aromatic rings. The summed E-state index contributed by atoms with van der Waals surface area (Å²) in [6, 6.07) is 2.47. The summed E-state index contributed by atoms with van der Waals surface area (Å²) < 4.78 is 5.28. The van der Waals surface area contributed by atoms with Crippen LogP contribution in [-0.2, 0) is 24.1 Å². The molecular formula is C15H13N5O3S. The van der Waals surface area contributed by atoms with Crippen LogP contribution in [0.2, 0.25) is 0 Å². The Morgan fingerprint density at radius 1 is 1.33 bits per heavy atom. The standard InChI is InChI=1S/C15H13N5O3S/c21-13(22)5-12-19-20-14(23-12)9-6-16-15(17-7-9)18-10-3-8-1-2-24-11(8)4-10/h1-2,6-7,10H,3-5H2,(H,21,22)(H,16,17,18). The summed E-state index contributed by atoms with van der Waals surface area (Å²) in [6.45, 7) is 0. The van der Waals surface area contributed by atoms with Crippen molar-refractivity contribution in [2.75, 3.05) is 5.32 Å². The summed E-state index contributed by atoms with van der Waals surface area (Å²) in [5, 5.41) is 21.7. The van der Waals surface area contributed by atoms with Crippen LogP contribution >= 0.6 is 11.3 Å². The molecule has 8 nitrogen and oxygen atoms in total. The topological polar surface area (TPSA) is 114 Å². The zero-order valence-corrected chi connectivity index (χ0v) is 13.3. The van der Waals surface area contributed by atoms with Crippen LogP contribution in [0.4, 0.5) is 5.95 Å². The quantitative estimate of drug-likeness (QED) is 0.721. The fourth-order valence-electron chi connectivity index (χ4n) is 2.66. The summed E-state index contributed by atoms with van der Waals surface area (Å²) >= 11 is 1.78. The summed E-state index contributed by atoms with van der Waals surface area (Å²) in [7, 11) is 0. The number of carbonyl (C=O) groups is 1. The van der Waals surface area contributed by atoms with E-state index in [-0.39, 0.29) is 18.2 Å². The molecule has 0 fully saturated rings. The lowest BCUT2D eigenvalue weighted by molar-refractivity contribution is -0.136. The average Bonchev–Trinajstić information content (AvgIpc) is 3.23. The van der Waals surface area contributed by atoms with Gasteiger partial charge < -0.3 is 14.8 Å². The molecule has 1 unspecified atom stereocenters. The highest BCUT2D eigenvalue weighted by Crippen LogP contribution is 2.28. The normalized spacial score (nSPS) is 16.1. The van der Waals surface area contributed by atoms with Crippen molar-refractivity contribution in [1.82, 2.24) is 20.2 Å². The zero-order valence-electron chi connectivity index (χ0n) is 12.5.